The van der Waals surface area contributed by atoms with Crippen LogP contribution in [0.15, 0.2) is 23.6 Å². The molecule has 2 aromatic heterocycles. The van der Waals surface area contributed by atoms with Crippen LogP contribution < -0.4 is 5.32 Å². The fraction of sp³-hybridized carbons (Fsp3) is 0.368. The predicted octanol–water partition coefficient (Wildman–Crippen LogP) is 3.58. The van der Waals surface area contributed by atoms with E-state index in [2.05, 4.69) is 21.5 Å². The number of aromatic nitrogens is 3. The Bertz CT molecular complexity index is 989. The Hall–Kier alpha value is -2.54. The lowest BCUT2D eigenvalue weighted by Crippen LogP contribution is -2.15. The van der Waals surface area contributed by atoms with Crippen molar-refractivity contribution in [2.45, 2.75) is 45.4 Å². The maximum Gasteiger partial charge on any atom is 0.250 e. The highest BCUT2D eigenvalue weighted by molar-refractivity contribution is 7.15. The first-order chi connectivity index (χ1) is 12.6. The summed E-state index contributed by atoms with van der Waals surface area (Å²) < 4.78 is 1.69. The summed E-state index contributed by atoms with van der Waals surface area (Å²) in [6.45, 7) is 1.93. The Morgan fingerprint density at radius 2 is 2.00 bits per heavy atom. The van der Waals surface area contributed by atoms with Crippen molar-refractivity contribution >= 4 is 33.9 Å². The molecule has 0 atom stereocenters. The molecule has 0 aliphatic heterocycles. The summed E-state index contributed by atoms with van der Waals surface area (Å²) in [5.74, 6) is 0.0431. The summed E-state index contributed by atoms with van der Waals surface area (Å²) in [5.41, 5.74) is 4.31. The number of hydrogen-bond donors (Lipinski definition) is 1. The number of ketones is 1. The smallest absolute Gasteiger partial charge is 0.250 e. The summed E-state index contributed by atoms with van der Waals surface area (Å²) in [6, 6.07) is 5.95. The van der Waals surface area contributed by atoms with Crippen LogP contribution in [0.1, 0.15) is 52.9 Å². The molecule has 0 bridgehead atoms. The van der Waals surface area contributed by atoms with Gasteiger partial charge in [-0.2, -0.15) is 4.98 Å². The van der Waals surface area contributed by atoms with Crippen LogP contribution in [0.2, 0.25) is 0 Å². The number of carbonyl (C=O) groups is 2. The summed E-state index contributed by atoms with van der Waals surface area (Å²) >= 11 is 1.47. The van der Waals surface area contributed by atoms with Gasteiger partial charge in [-0.3, -0.25) is 14.9 Å². The number of benzene rings is 1. The van der Waals surface area contributed by atoms with Crippen molar-refractivity contribution in [1.82, 2.24) is 14.6 Å². The molecule has 1 amide bonds. The number of carbonyl (C=O) groups excluding carboxylic acids is 2. The van der Waals surface area contributed by atoms with Gasteiger partial charge in [0.15, 0.2) is 5.78 Å². The van der Waals surface area contributed by atoms with Crippen LogP contribution in [0.3, 0.4) is 0 Å². The summed E-state index contributed by atoms with van der Waals surface area (Å²) in [5, 5.41) is 8.88. The molecule has 0 fully saturated rings. The third-order valence-corrected chi connectivity index (χ3v) is 5.68. The molecule has 134 valence electrons. The van der Waals surface area contributed by atoms with E-state index in [0.717, 1.165) is 23.5 Å². The van der Waals surface area contributed by atoms with Gasteiger partial charge in [0.1, 0.15) is 0 Å². The van der Waals surface area contributed by atoms with Crippen molar-refractivity contribution in [2.24, 2.45) is 0 Å². The number of nitrogens with zero attached hydrogens (tertiary/aromatic N) is 3. The number of rotatable bonds is 5. The first kappa shape index (κ1) is 16.9. The lowest BCUT2D eigenvalue weighted by atomic mass is 9.89. The minimum Gasteiger partial charge on any atom is -0.294 e. The van der Waals surface area contributed by atoms with Gasteiger partial charge >= 0.3 is 0 Å². The second-order valence-corrected chi connectivity index (χ2v) is 7.51. The number of nitrogens with one attached hydrogen (secondary N) is 1. The molecule has 0 unspecified atom stereocenters. The Morgan fingerprint density at radius 1 is 1.19 bits per heavy atom. The second-order valence-electron chi connectivity index (χ2n) is 6.67. The highest BCUT2D eigenvalue weighted by atomic mass is 32.1. The van der Waals surface area contributed by atoms with Crippen molar-refractivity contribution < 1.29 is 9.59 Å². The molecule has 0 saturated carbocycles. The van der Waals surface area contributed by atoms with Gasteiger partial charge in [-0.1, -0.05) is 12.1 Å². The first-order valence-corrected chi connectivity index (χ1v) is 9.74. The number of aryl methyl sites for hydroxylation is 3. The highest BCUT2D eigenvalue weighted by Crippen LogP contribution is 2.23. The van der Waals surface area contributed by atoms with E-state index in [1.807, 2.05) is 24.4 Å². The number of anilines is 1. The van der Waals surface area contributed by atoms with E-state index in [9.17, 15) is 9.59 Å². The molecule has 7 heteroatoms. The van der Waals surface area contributed by atoms with Crippen molar-refractivity contribution in [3.05, 3.63) is 46.0 Å². The Balaban J connectivity index is 1.35. The summed E-state index contributed by atoms with van der Waals surface area (Å²) in [7, 11) is 0. The fourth-order valence-corrected chi connectivity index (χ4v) is 4.11. The van der Waals surface area contributed by atoms with Crippen LogP contribution in [-0.4, -0.2) is 26.3 Å². The maximum absolute atomic E-state index is 12.4. The molecule has 2 heterocycles. The van der Waals surface area contributed by atoms with Crippen molar-refractivity contribution in [1.29, 1.82) is 0 Å². The zero-order valence-corrected chi connectivity index (χ0v) is 15.4. The topological polar surface area (TPSA) is 76.4 Å². The number of Topliss-reactive ketones (excluding diaryl/α,β-unsaturated/α-hetero) is 1. The van der Waals surface area contributed by atoms with Crippen LogP contribution in [-0.2, 0) is 17.6 Å². The number of amides is 1. The SMILES string of the molecule is Cc1csc2nc(NC(=O)CCC(=O)c3ccc4c(c3)CCCC4)nn12. The molecule has 1 aliphatic carbocycles. The minimum atomic E-state index is -0.243. The van der Waals surface area contributed by atoms with Gasteiger partial charge in [-0.25, -0.2) is 4.52 Å². The lowest BCUT2D eigenvalue weighted by Gasteiger charge is -2.16. The van der Waals surface area contributed by atoms with Crippen molar-refractivity contribution in [3.8, 4) is 0 Å². The van der Waals surface area contributed by atoms with Crippen LogP contribution in [0, 0.1) is 6.92 Å². The van der Waals surface area contributed by atoms with Crippen LogP contribution in [0.5, 0.6) is 0 Å². The van der Waals surface area contributed by atoms with E-state index in [1.165, 1.54) is 35.3 Å². The molecule has 26 heavy (non-hydrogen) atoms. The predicted molar refractivity (Wildman–Crippen MR) is 101 cm³/mol. The van der Waals surface area contributed by atoms with E-state index in [4.69, 9.17) is 0 Å². The fourth-order valence-electron chi connectivity index (χ4n) is 3.31. The first-order valence-electron chi connectivity index (χ1n) is 8.86. The van der Waals surface area contributed by atoms with E-state index >= 15 is 0 Å². The average Bonchev–Trinajstić information content (AvgIpc) is 3.20. The van der Waals surface area contributed by atoms with Gasteiger partial charge in [0.05, 0.1) is 5.69 Å². The van der Waals surface area contributed by atoms with E-state index in [1.54, 1.807) is 4.52 Å². The lowest BCUT2D eigenvalue weighted by molar-refractivity contribution is -0.116. The average molecular weight is 368 g/mol. The van der Waals surface area contributed by atoms with Gasteiger partial charge in [0, 0.05) is 23.8 Å². The molecule has 0 radical (unpaired) electrons. The van der Waals surface area contributed by atoms with Crippen LogP contribution in [0.25, 0.3) is 4.96 Å². The Morgan fingerprint density at radius 3 is 2.81 bits per heavy atom. The van der Waals surface area contributed by atoms with Crippen LogP contribution >= 0.6 is 11.3 Å². The van der Waals surface area contributed by atoms with E-state index < -0.39 is 0 Å². The monoisotopic (exact) mass is 368 g/mol. The molecule has 3 aromatic rings. The van der Waals surface area contributed by atoms with Gasteiger partial charge in [0.2, 0.25) is 16.8 Å². The third kappa shape index (κ3) is 3.39. The Kier molecular flexibility index (Phi) is 4.55. The number of fused-ring (bicyclic) bond motifs is 2. The molecule has 1 aromatic carbocycles. The third-order valence-electron chi connectivity index (χ3n) is 4.75. The van der Waals surface area contributed by atoms with E-state index in [0.29, 0.717) is 5.56 Å². The Labute approximate surface area is 155 Å². The molecular weight excluding hydrogens is 348 g/mol. The highest BCUT2D eigenvalue weighted by Gasteiger charge is 2.15. The minimum absolute atomic E-state index is 0.00292. The molecule has 1 N–H and O–H groups in total. The van der Waals surface area contributed by atoms with Gasteiger partial charge in [-0.05, 0) is 49.8 Å². The quantitative estimate of drug-likeness (QED) is 0.699. The molecule has 0 saturated heterocycles. The molecule has 0 spiro atoms. The van der Waals surface area contributed by atoms with E-state index in [-0.39, 0.29) is 30.5 Å². The van der Waals surface area contributed by atoms with Gasteiger partial charge in [-0.15, -0.1) is 16.4 Å². The van der Waals surface area contributed by atoms with Gasteiger partial charge < -0.3 is 0 Å². The number of hydrogen-bond acceptors (Lipinski definition) is 5. The molecular formula is C19H20N4O2S. The second kappa shape index (κ2) is 6.99. The summed E-state index contributed by atoms with van der Waals surface area (Å²) in [6.07, 6.45) is 4.86. The normalized spacial score (nSPS) is 13.6. The molecule has 4 rings (SSSR count). The summed E-state index contributed by atoms with van der Waals surface area (Å²) in [4.78, 5) is 29.5. The van der Waals surface area contributed by atoms with Crippen LogP contribution in [0.4, 0.5) is 5.95 Å². The molecule has 6 nitrogen and oxygen atoms in total. The van der Waals surface area contributed by atoms with Gasteiger partial charge in [0.25, 0.3) is 0 Å². The van der Waals surface area contributed by atoms with Crippen molar-refractivity contribution in [2.75, 3.05) is 5.32 Å². The zero-order chi connectivity index (χ0) is 18.1. The maximum atomic E-state index is 12.4. The van der Waals surface area contributed by atoms with Crippen molar-refractivity contribution in [3.63, 3.8) is 0 Å². The number of thiazole rings is 1. The largest absolute Gasteiger partial charge is 0.294 e. The zero-order valence-electron chi connectivity index (χ0n) is 14.6. The standard InChI is InChI=1S/C19H20N4O2S/c1-12-11-26-19-21-18(22-23(12)19)20-17(25)9-8-16(24)15-7-6-13-4-2-3-5-14(13)10-15/h6-7,10-11H,2-5,8-9H2,1H3,(H,20,22,25). The molecule has 1 aliphatic rings.